The van der Waals surface area contributed by atoms with Gasteiger partial charge in [-0.05, 0) is 37.0 Å². The molecule has 0 bridgehead atoms. The Labute approximate surface area is 180 Å². The van der Waals surface area contributed by atoms with Crippen LogP contribution in [0.4, 0.5) is 11.5 Å². The summed E-state index contributed by atoms with van der Waals surface area (Å²) in [5, 5.41) is 0. The Morgan fingerprint density at radius 2 is 1.74 bits per heavy atom. The van der Waals surface area contributed by atoms with Crippen LogP contribution < -0.4 is 21.9 Å². The van der Waals surface area contributed by atoms with Crippen LogP contribution in [-0.2, 0) is 20.0 Å². The fourth-order valence-electron chi connectivity index (χ4n) is 4.20. The summed E-state index contributed by atoms with van der Waals surface area (Å²) in [6, 6.07) is 17.5. The molecule has 0 radical (unpaired) electrons. The lowest BCUT2D eigenvalue weighted by Gasteiger charge is -2.36. The van der Waals surface area contributed by atoms with Gasteiger partial charge in [0.25, 0.3) is 5.56 Å². The molecule has 7 heteroatoms. The minimum Gasteiger partial charge on any atom is -0.384 e. The van der Waals surface area contributed by atoms with E-state index >= 15 is 0 Å². The molecule has 1 unspecified atom stereocenters. The van der Waals surface area contributed by atoms with Crippen LogP contribution in [-0.4, -0.2) is 27.5 Å². The lowest BCUT2D eigenvalue weighted by molar-refractivity contribution is 0.0994. The summed E-state index contributed by atoms with van der Waals surface area (Å²) < 4.78 is 2.25. The standard InChI is InChI=1S/C24H26N4O3/c1-16-12-13-18-10-6-7-11-19(18)27(16)15-20(29)21-22(25)28(24(31)26(2)23(21)30)14-17-8-4-3-5-9-17/h3-11,16H,12-15,25H2,1-2H3. The predicted molar refractivity (Wildman–Crippen MR) is 122 cm³/mol. The molecular weight excluding hydrogens is 392 g/mol. The Morgan fingerprint density at radius 3 is 2.48 bits per heavy atom. The van der Waals surface area contributed by atoms with E-state index < -0.39 is 11.2 Å². The molecule has 2 aromatic carbocycles. The van der Waals surface area contributed by atoms with E-state index in [9.17, 15) is 14.4 Å². The highest BCUT2D eigenvalue weighted by Crippen LogP contribution is 2.30. The Balaban J connectivity index is 1.74. The topological polar surface area (TPSA) is 90.3 Å². The highest BCUT2D eigenvalue weighted by atomic mass is 16.2. The van der Waals surface area contributed by atoms with Gasteiger partial charge in [0, 0.05) is 18.8 Å². The number of ketones is 1. The predicted octanol–water partition coefficient (Wildman–Crippen LogP) is 2.20. The number of hydrogen-bond donors (Lipinski definition) is 1. The molecule has 0 saturated heterocycles. The fourth-order valence-corrected chi connectivity index (χ4v) is 4.20. The van der Waals surface area contributed by atoms with E-state index in [1.54, 1.807) is 0 Å². The van der Waals surface area contributed by atoms with Crippen molar-refractivity contribution in [1.82, 2.24) is 9.13 Å². The summed E-state index contributed by atoms with van der Waals surface area (Å²) in [5.41, 5.74) is 7.96. The number of anilines is 2. The van der Waals surface area contributed by atoms with E-state index in [0.29, 0.717) is 0 Å². The number of para-hydroxylation sites is 1. The number of benzene rings is 2. The molecule has 0 spiro atoms. The van der Waals surface area contributed by atoms with E-state index in [-0.39, 0.29) is 36.3 Å². The van der Waals surface area contributed by atoms with Crippen molar-refractivity contribution >= 4 is 17.3 Å². The Bertz CT molecular complexity index is 1240. The second kappa shape index (κ2) is 8.26. The van der Waals surface area contributed by atoms with Crippen molar-refractivity contribution in [3.63, 3.8) is 0 Å². The first-order valence-corrected chi connectivity index (χ1v) is 10.4. The van der Waals surface area contributed by atoms with Crippen LogP contribution in [0.25, 0.3) is 0 Å². The van der Waals surface area contributed by atoms with Gasteiger partial charge in [-0.1, -0.05) is 48.5 Å². The summed E-state index contributed by atoms with van der Waals surface area (Å²) >= 11 is 0. The molecule has 1 aliphatic heterocycles. The maximum absolute atomic E-state index is 13.3. The lowest BCUT2D eigenvalue weighted by atomic mass is 9.96. The average molecular weight is 418 g/mol. The van der Waals surface area contributed by atoms with Crippen molar-refractivity contribution in [3.8, 4) is 0 Å². The third-order valence-corrected chi connectivity index (χ3v) is 6.02. The quantitative estimate of drug-likeness (QED) is 0.642. The molecular formula is C24H26N4O3. The van der Waals surface area contributed by atoms with Gasteiger partial charge < -0.3 is 10.6 Å². The van der Waals surface area contributed by atoms with E-state index in [4.69, 9.17) is 5.73 Å². The molecule has 2 N–H and O–H groups in total. The second-order valence-corrected chi connectivity index (χ2v) is 8.05. The monoisotopic (exact) mass is 418 g/mol. The van der Waals surface area contributed by atoms with Crippen LogP contribution in [0, 0.1) is 0 Å². The minimum atomic E-state index is -0.658. The second-order valence-electron chi connectivity index (χ2n) is 8.05. The Kier molecular flexibility index (Phi) is 5.50. The minimum absolute atomic E-state index is 0.0289. The molecule has 7 nitrogen and oxygen atoms in total. The van der Waals surface area contributed by atoms with Gasteiger partial charge in [-0.2, -0.15) is 0 Å². The van der Waals surface area contributed by atoms with Crippen LogP contribution in [0.5, 0.6) is 0 Å². The van der Waals surface area contributed by atoms with Crippen molar-refractivity contribution in [1.29, 1.82) is 0 Å². The van der Waals surface area contributed by atoms with E-state index in [1.807, 2.05) is 53.4 Å². The summed E-state index contributed by atoms with van der Waals surface area (Å²) in [4.78, 5) is 40.9. The van der Waals surface area contributed by atoms with Gasteiger partial charge in [0.1, 0.15) is 11.4 Å². The summed E-state index contributed by atoms with van der Waals surface area (Å²) in [6.45, 7) is 2.28. The number of aromatic nitrogens is 2. The Morgan fingerprint density at radius 1 is 1.06 bits per heavy atom. The number of carbonyl (C=O) groups is 1. The molecule has 0 saturated carbocycles. The number of aryl methyl sites for hydroxylation is 1. The molecule has 3 aromatic rings. The van der Waals surface area contributed by atoms with Gasteiger partial charge in [-0.3, -0.25) is 18.7 Å². The summed E-state index contributed by atoms with van der Waals surface area (Å²) in [7, 11) is 1.38. The third kappa shape index (κ3) is 3.79. The SMILES string of the molecule is CC1CCc2ccccc2N1CC(=O)c1c(N)n(Cc2ccccc2)c(=O)n(C)c1=O. The van der Waals surface area contributed by atoms with Gasteiger partial charge in [0.15, 0.2) is 5.78 Å². The van der Waals surface area contributed by atoms with Gasteiger partial charge in [-0.25, -0.2) is 4.79 Å². The number of nitrogens with zero attached hydrogens (tertiary/aromatic N) is 3. The summed E-state index contributed by atoms with van der Waals surface area (Å²) in [5.74, 6) is -0.469. The van der Waals surface area contributed by atoms with Crippen LogP contribution in [0.2, 0.25) is 0 Å². The molecule has 1 aromatic heterocycles. The first kappa shape index (κ1) is 20.7. The summed E-state index contributed by atoms with van der Waals surface area (Å²) in [6.07, 6.45) is 1.87. The number of nitrogen functional groups attached to an aromatic ring is 1. The zero-order valence-corrected chi connectivity index (χ0v) is 17.7. The number of fused-ring (bicyclic) bond motifs is 1. The molecule has 4 rings (SSSR count). The zero-order chi connectivity index (χ0) is 22.1. The highest BCUT2D eigenvalue weighted by molar-refractivity contribution is 6.02. The third-order valence-electron chi connectivity index (χ3n) is 6.02. The van der Waals surface area contributed by atoms with Crippen molar-refractivity contribution in [2.24, 2.45) is 7.05 Å². The lowest BCUT2D eigenvalue weighted by Crippen LogP contribution is -2.46. The van der Waals surface area contributed by atoms with E-state index in [1.165, 1.54) is 17.2 Å². The number of rotatable bonds is 5. The molecule has 1 atom stereocenters. The first-order chi connectivity index (χ1) is 14.9. The van der Waals surface area contributed by atoms with Gasteiger partial charge in [0.2, 0.25) is 0 Å². The first-order valence-electron chi connectivity index (χ1n) is 10.4. The molecule has 1 aliphatic rings. The van der Waals surface area contributed by atoms with Gasteiger partial charge in [0.05, 0.1) is 13.1 Å². The molecule has 0 fully saturated rings. The molecule has 2 heterocycles. The number of Topliss-reactive ketones (excluding diaryl/α,β-unsaturated/α-hetero) is 1. The fraction of sp³-hybridized carbons (Fsp3) is 0.292. The van der Waals surface area contributed by atoms with Crippen molar-refractivity contribution in [2.45, 2.75) is 32.4 Å². The van der Waals surface area contributed by atoms with Crippen molar-refractivity contribution in [3.05, 3.63) is 92.1 Å². The highest BCUT2D eigenvalue weighted by Gasteiger charge is 2.28. The van der Waals surface area contributed by atoms with Crippen LogP contribution in [0.1, 0.15) is 34.8 Å². The number of nitrogens with two attached hydrogens (primary N) is 1. The average Bonchev–Trinajstić information content (AvgIpc) is 2.78. The van der Waals surface area contributed by atoms with Crippen LogP contribution in [0.15, 0.2) is 64.2 Å². The van der Waals surface area contributed by atoms with E-state index in [0.717, 1.165) is 28.7 Å². The smallest absolute Gasteiger partial charge is 0.332 e. The van der Waals surface area contributed by atoms with Crippen molar-refractivity contribution < 1.29 is 4.79 Å². The van der Waals surface area contributed by atoms with Gasteiger partial charge in [-0.15, -0.1) is 0 Å². The maximum Gasteiger partial charge on any atom is 0.332 e. The molecule has 0 amide bonds. The normalized spacial score (nSPS) is 15.5. The zero-order valence-electron chi connectivity index (χ0n) is 17.7. The van der Waals surface area contributed by atoms with Gasteiger partial charge >= 0.3 is 5.69 Å². The number of hydrogen-bond acceptors (Lipinski definition) is 5. The van der Waals surface area contributed by atoms with E-state index in [2.05, 4.69) is 13.0 Å². The Hall–Kier alpha value is -3.61. The molecule has 0 aliphatic carbocycles. The largest absolute Gasteiger partial charge is 0.384 e. The number of carbonyl (C=O) groups excluding carboxylic acids is 1. The molecule has 31 heavy (non-hydrogen) atoms. The van der Waals surface area contributed by atoms with Crippen LogP contribution in [0.3, 0.4) is 0 Å². The van der Waals surface area contributed by atoms with Crippen LogP contribution >= 0.6 is 0 Å². The van der Waals surface area contributed by atoms with Crippen molar-refractivity contribution in [2.75, 3.05) is 17.2 Å². The molecule has 160 valence electrons. The maximum atomic E-state index is 13.3.